The van der Waals surface area contributed by atoms with Crippen molar-refractivity contribution in [1.82, 2.24) is 15.5 Å². The lowest BCUT2D eigenvalue weighted by Crippen LogP contribution is -2.40. The van der Waals surface area contributed by atoms with Gasteiger partial charge in [0.2, 0.25) is 0 Å². The first-order chi connectivity index (χ1) is 9.31. The Kier molecular flexibility index (Phi) is 9.08. The van der Waals surface area contributed by atoms with Crippen LogP contribution in [0.15, 0.2) is 4.99 Å². The summed E-state index contributed by atoms with van der Waals surface area (Å²) in [4.78, 5) is 7.34. The van der Waals surface area contributed by atoms with E-state index in [1.807, 2.05) is 11.8 Å². The van der Waals surface area contributed by atoms with Crippen molar-refractivity contribution < 1.29 is 0 Å². The molecular weight excluding hydrogens is 256 g/mol. The van der Waals surface area contributed by atoms with Gasteiger partial charge in [-0.05, 0) is 45.5 Å². The lowest BCUT2D eigenvalue weighted by atomic mass is 10.2. The topological polar surface area (TPSA) is 39.7 Å². The van der Waals surface area contributed by atoms with Gasteiger partial charge < -0.3 is 10.6 Å². The van der Waals surface area contributed by atoms with Crippen molar-refractivity contribution >= 4 is 17.7 Å². The molecule has 0 aromatic rings. The number of guanidine groups is 1. The number of rotatable bonds is 8. The molecule has 0 amide bonds. The fraction of sp³-hybridized carbons (Fsp3) is 0.929. The lowest BCUT2D eigenvalue weighted by Gasteiger charge is -2.25. The molecule has 1 fully saturated rings. The van der Waals surface area contributed by atoms with Gasteiger partial charge in [-0.15, -0.1) is 0 Å². The van der Waals surface area contributed by atoms with E-state index in [1.54, 1.807) is 0 Å². The van der Waals surface area contributed by atoms with Crippen molar-refractivity contribution in [2.75, 3.05) is 44.7 Å². The molecule has 0 saturated carbocycles. The molecule has 4 nitrogen and oxygen atoms in total. The third-order valence-electron chi connectivity index (χ3n) is 3.53. The van der Waals surface area contributed by atoms with Crippen LogP contribution in [0, 0.1) is 0 Å². The van der Waals surface area contributed by atoms with E-state index >= 15 is 0 Å². The van der Waals surface area contributed by atoms with Crippen molar-refractivity contribution in [3.8, 4) is 0 Å². The van der Waals surface area contributed by atoms with Crippen LogP contribution in [0.3, 0.4) is 0 Å². The number of nitrogens with zero attached hydrogens (tertiary/aromatic N) is 2. The Balaban J connectivity index is 2.41. The molecule has 1 aliphatic rings. The third-order valence-corrected chi connectivity index (χ3v) is 4.14. The van der Waals surface area contributed by atoms with E-state index in [9.17, 15) is 0 Å². The first-order valence-corrected chi connectivity index (χ1v) is 8.96. The largest absolute Gasteiger partial charge is 0.357 e. The summed E-state index contributed by atoms with van der Waals surface area (Å²) in [6, 6.07) is 0.610. The van der Waals surface area contributed by atoms with E-state index in [2.05, 4.69) is 35.6 Å². The van der Waals surface area contributed by atoms with Gasteiger partial charge in [0.05, 0.1) is 6.54 Å². The minimum absolute atomic E-state index is 0.610. The second-order valence-corrected chi connectivity index (χ2v) is 5.93. The minimum atomic E-state index is 0.610. The summed E-state index contributed by atoms with van der Waals surface area (Å²) < 4.78 is 0. The average Bonchev–Trinajstić information content (AvgIpc) is 2.93. The second-order valence-electron chi connectivity index (χ2n) is 4.94. The molecule has 1 rings (SSSR count). The Labute approximate surface area is 122 Å². The molecule has 5 heteroatoms. The van der Waals surface area contributed by atoms with E-state index in [1.165, 1.54) is 32.4 Å². The highest BCUT2D eigenvalue weighted by atomic mass is 32.2. The molecule has 1 heterocycles. The molecule has 0 aromatic heterocycles. The average molecular weight is 286 g/mol. The van der Waals surface area contributed by atoms with Crippen LogP contribution in [0.25, 0.3) is 0 Å². The van der Waals surface area contributed by atoms with E-state index in [0.717, 1.165) is 31.3 Å². The Morgan fingerprint density at radius 3 is 2.58 bits per heavy atom. The number of nitrogens with one attached hydrogen (secondary N) is 2. The summed E-state index contributed by atoms with van der Waals surface area (Å²) in [6.45, 7) is 9.70. The van der Waals surface area contributed by atoms with Gasteiger partial charge in [0.15, 0.2) is 5.96 Å². The van der Waals surface area contributed by atoms with Crippen LogP contribution in [0.5, 0.6) is 0 Å². The second kappa shape index (κ2) is 10.4. The van der Waals surface area contributed by atoms with Crippen LogP contribution in [-0.4, -0.2) is 61.6 Å². The van der Waals surface area contributed by atoms with E-state index in [4.69, 9.17) is 4.99 Å². The Morgan fingerprint density at radius 2 is 2.00 bits per heavy atom. The highest BCUT2D eigenvalue weighted by molar-refractivity contribution is 7.98. The number of aliphatic imine (C=N–C) groups is 1. The number of hydrogen-bond acceptors (Lipinski definition) is 3. The molecule has 2 N–H and O–H groups in total. The molecule has 112 valence electrons. The normalized spacial score (nSPS) is 18.6. The number of likely N-dealkylation sites (tertiary alicyclic amines) is 1. The van der Waals surface area contributed by atoms with Crippen molar-refractivity contribution in [3.05, 3.63) is 0 Å². The summed E-state index contributed by atoms with van der Waals surface area (Å²) in [7, 11) is 0. The summed E-state index contributed by atoms with van der Waals surface area (Å²) in [5.74, 6) is 2.09. The maximum Gasteiger partial charge on any atom is 0.191 e. The predicted octanol–water partition coefficient (Wildman–Crippen LogP) is 1.78. The molecular formula is C14H30N4S. The first kappa shape index (κ1) is 16.6. The first-order valence-electron chi connectivity index (χ1n) is 7.57. The van der Waals surface area contributed by atoms with Crippen molar-refractivity contribution in [2.24, 2.45) is 4.99 Å². The van der Waals surface area contributed by atoms with E-state index in [-0.39, 0.29) is 0 Å². The van der Waals surface area contributed by atoms with Gasteiger partial charge in [-0.3, -0.25) is 9.89 Å². The summed E-state index contributed by atoms with van der Waals surface area (Å²) in [6.07, 6.45) is 6.03. The molecule has 0 aromatic carbocycles. The summed E-state index contributed by atoms with van der Waals surface area (Å²) in [5, 5.41) is 6.71. The highest BCUT2D eigenvalue weighted by Gasteiger charge is 2.19. The molecule has 1 unspecified atom stereocenters. The molecule has 1 aliphatic heterocycles. The van der Waals surface area contributed by atoms with Crippen LogP contribution in [0.2, 0.25) is 0 Å². The number of thioether (sulfide) groups is 1. The molecule has 1 saturated heterocycles. The predicted molar refractivity (Wildman–Crippen MR) is 87.2 cm³/mol. The molecule has 0 bridgehead atoms. The zero-order chi connectivity index (χ0) is 13.9. The number of hydrogen-bond donors (Lipinski definition) is 2. The van der Waals surface area contributed by atoms with Crippen molar-refractivity contribution in [3.63, 3.8) is 0 Å². The fourth-order valence-electron chi connectivity index (χ4n) is 2.42. The molecule has 1 atom stereocenters. The van der Waals surface area contributed by atoms with E-state index < -0.39 is 0 Å². The standard InChI is InChI=1S/C14H30N4S/c1-4-13(18-9-6-7-10-18)12-17-14(15-5-2)16-8-11-19-3/h13H,4-12H2,1-3H3,(H2,15,16,17). The van der Waals surface area contributed by atoms with Crippen molar-refractivity contribution in [1.29, 1.82) is 0 Å². The van der Waals surface area contributed by atoms with Crippen LogP contribution in [0.4, 0.5) is 0 Å². The van der Waals surface area contributed by atoms with Gasteiger partial charge in [0.25, 0.3) is 0 Å². The molecule has 0 radical (unpaired) electrons. The Hall–Kier alpha value is -0.420. The minimum Gasteiger partial charge on any atom is -0.357 e. The van der Waals surface area contributed by atoms with Gasteiger partial charge >= 0.3 is 0 Å². The maximum absolute atomic E-state index is 4.74. The van der Waals surface area contributed by atoms with Gasteiger partial charge in [0.1, 0.15) is 0 Å². The molecule has 0 spiro atoms. The van der Waals surface area contributed by atoms with E-state index in [0.29, 0.717) is 6.04 Å². The monoisotopic (exact) mass is 286 g/mol. The molecule has 0 aliphatic carbocycles. The van der Waals surface area contributed by atoms with Gasteiger partial charge in [-0.1, -0.05) is 6.92 Å². The van der Waals surface area contributed by atoms with Gasteiger partial charge in [-0.2, -0.15) is 11.8 Å². The lowest BCUT2D eigenvalue weighted by molar-refractivity contribution is 0.242. The zero-order valence-electron chi connectivity index (χ0n) is 12.7. The zero-order valence-corrected chi connectivity index (χ0v) is 13.6. The van der Waals surface area contributed by atoms with Crippen LogP contribution >= 0.6 is 11.8 Å². The van der Waals surface area contributed by atoms with Crippen molar-refractivity contribution in [2.45, 2.75) is 39.2 Å². The highest BCUT2D eigenvalue weighted by Crippen LogP contribution is 2.14. The molecule has 19 heavy (non-hydrogen) atoms. The van der Waals surface area contributed by atoms with Crippen LogP contribution < -0.4 is 10.6 Å². The van der Waals surface area contributed by atoms with Gasteiger partial charge in [-0.25, -0.2) is 0 Å². The van der Waals surface area contributed by atoms with Gasteiger partial charge in [0, 0.05) is 24.9 Å². The fourth-order valence-corrected chi connectivity index (χ4v) is 2.73. The third kappa shape index (κ3) is 6.52. The smallest absolute Gasteiger partial charge is 0.191 e. The quantitative estimate of drug-likeness (QED) is 0.405. The van der Waals surface area contributed by atoms with Crippen LogP contribution in [0.1, 0.15) is 33.1 Å². The summed E-state index contributed by atoms with van der Waals surface area (Å²) >= 11 is 1.86. The SMILES string of the molecule is CCNC(=NCC(CC)N1CCCC1)NCCSC. The Bertz CT molecular complexity index is 252. The summed E-state index contributed by atoms with van der Waals surface area (Å²) in [5.41, 5.74) is 0. The maximum atomic E-state index is 4.74. The Morgan fingerprint density at radius 1 is 1.26 bits per heavy atom. The van der Waals surface area contributed by atoms with Crippen LogP contribution in [-0.2, 0) is 0 Å².